The van der Waals surface area contributed by atoms with Crippen molar-refractivity contribution in [3.8, 4) is 5.75 Å². The van der Waals surface area contributed by atoms with Gasteiger partial charge in [-0.15, -0.1) is 18.7 Å². The normalized spacial score (nSPS) is 15.7. The van der Waals surface area contributed by atoms with Crippen LogP contribution < -0.4 is 31.9 Å². The number of nitrogens with zero attached hydrogens (tertiary/aromatic N) is 2. The summed E-state index contributed by atoms with van der Waals surface area (Å²) in [5.41, 5.74) is 6.66. The minimum atomic E-state index is -4.82. The zero-order valence-electron chi connectivity index (χ0n) is 22.6. The number of anilines is 1. The van der Waals surface area contributed by atoms with Gasteiger partial charge in [0, 0.05) is 43.8 Å². The quantitative estimate of drug-likeness (QED) is 0.286. The molecule has 1 aromatic heterocycles. The molecule has 41 heavy (non-hydrogen) atoms. The lowest BCUT2D eigenvalue weighted by Gasteiger charge is -2.21. The minimum absolute atomic E-state index is 0.131. The molecular formula is C28H35F3N6O4. The number of rotatable bonds is 12. The van der Waals surface area contributed by atoms with Crippen molar-refractivity contribution in [2.75, 3.05) is 18.4 Å². The molecule has 1 aliphatic heterocycles. The maximum Gasteiger partial charge on any atom is 0.573 e. The summed E-state index contributed by atoms with van der Waals surface area (Å²) in [6.07, 6.45) is 5.85. The molecule has 2 heterocycles. The Morgan fingerprint density at radius 1 is 1.05 bits per heavy atom. The molecule has 13 heteroatoms. The van der Waals surface area contributed by atoms with Crippen molar-refractivity contribution < 1.29 is 27.5 Å². The molecular weight excluding hydrogens is 541 g/mol. The zero-order chi connectivity index (χ0) is 29.2. The Labute approximate surface area is 235 Å². The number of hydrogen-bond acceptors (Lipinski definition) is 7. The number of alkyl halides is 3. The van der Waals surface area contributed by atoms with Crippen LogP contribution in [-0.2, 0) is 22.6 Å². The smallest absolute Gasteiger partial charge is 0.406 e. The number of aryl methyl sites for hydroxylation is 1. The van der Waals surface area contributed by atoms with Crippen LogP contribution in [0.4, 0.5) is 18.9 Å². The number of amides is 2. The monoisotopic (exact) mass is 576 g/mol. The molecule has 1 aromatic carbocycles. The van der Waals surface area contributed by atoms with Crippen molar-refractivity contribution in [3.63, 3.8) is 0 Å². The van der Waals surface area contributed by atoms with Crippen LogP contribution in [0.5, 0.6) is 5.75 Å². The number of halogens is 3. The summed E-state index contributed by atoms with van der Waals surface area (Å²) < 4.78 is 42.7. The van der Waals surface area contributed by atoms with Gasteiger partial charge in [-0.25, -0.2) is 0 Å². The number of ether oxygens (including phenoxy) is 1. The van der Waals surface area contributed by atoms with Crippen LogP contribution in [0.3, 0.4) is 0 Å². The molecule has 2 aliphatic rings. The van der Waals surface area contributed by atoms with Crippen LogP contribution in [0.15, 0.2) is 59.3 Å². The summed E-state index contributed by atoms with van der Waals surface area (Å²) in [7, 11) is 0. The standard InChI is InChI=1S/C28H35F3N6O4/c29-28(30,31)41-23-10-6-9-21(15-23)16-25(38)33-22-11-14-36(26(39)17-22)12-4-5-13-37-19-24(34-35-37)27(40)32-18-20-7-2-1-3-8-20/h6,9-11,14-15,17,19-20,34-35H,1-5,7-8,12-13,16,18H2,(H,32,40)(H,33,38). The number of carbonyl (C=O) groups is 2. The molecule has 4 rings (SSSR count). The summed E-state index contributed by atoms with van der Waals surface area (Å²) in [5, 5.41) is 7.39. The van der Waals surface area contributed by atoms with Crippen LogP contribution in [0.1, 0.15) is 50.5 Å². The van der Waals surface area contributed by atoms with Crippen molar-refractivity contribution in [1.29, 1.82) is 0 Å². The molecule has 0 bridgehead atoms. The second-order valence-corrected chi connectivity index (χ2v) is 10.3. The SMILES string of the molecule is O=C(Cc1cccc(OC(F)(F)F)c1)Nc1ccn(CCCCN2C=C(C(=O)NCC3CCCCC3)NN2)c(=O)c1. The van der Waals surface area contributed by atoms with Gasteiger partial charge in [0.05, 0.1) is 6.42 Å². The van der Waals surface area contributed by atoms with E-state index in [9.17, 15) is 27.6 Å². The highest BCUT2D eigenvalue weighted by molar-refractivity contribution is 5.93. The van der Waals surface area contributed by atoms with Gasteiger partial charge in [0.1, 0.15) is 11.4 Å². The predicted molar refractivity (Wildman–Crippen MR) is 146 cm³/mol. The maximum absolute atomic E-state index is 12.5. The van der Waals surface area contributed by atoms with E-state index in [2.05, 4.69) is 26.3 Å². The topological polar surface area (TPSA) is 117 Å². The lowest BCUT2D eigenvalue weighted by atomic mass is 9.89. The molecule has 0 unspecified atom stereocenters. The van der Waals surface area contributed by atoms with Crippen molar-refractivity contribution in [3.05, 3.63) is 70.4 Å². The van der Waals surface area contributed by atoms with E-state index in [4.69, 9.17) is 0 Å². The van der Waals surface area contributed by atoms with Crippen LogP contribution in [0, 0.1) is 5.92 Å². The second-order valence-electron chi connectivity index (χ2n) is 10.3. The Kier molecular flexibility index (Phi) is 10.3. The van der Waals surface area contributed by atoms with Crippen LogP contribution in [0.25, 0.3) is 0 Å². The zero-order valence-corrected chi connectivity index (χ0v) is 22.6. The number of hydrogen-bond donors (Lipinski definition) is 4. The van der Waals surface area contributed by atoms with E-state index in [0.29, 0.717) is 48.9 Å². The highest BCUT2D eigenvalue weighted by Crippen LogP contribution is 2.24. The van der Waals surface area contributed by atoms with E-state index in [1.54, 1.807) is 23.5 Å². The van der Waals surface area contributed by atoms with Crippen LogP contribution in [-0.4, -0.2) is 40.8 Å². The number of nitrogens with one attached hydrogen (secondary N) is 4. The molecule has 4 N–H and O–H groups in total. The van der Waals surface area contributed by atoms with Gasteiger partial charge < -0.3 is 19.9 Å². The first-order valence-electron chi connectivity index (χ1n) is 13.8. The van der Waals surface area contributed by atoms with Gasteiger partial charge in [-0.1, -0.05) is 31.4 Å². The second kappa shape index (κ2) is 14.1. The molecule has 0 atom stereocenters. The van der Waals surface area contributed by atoms with Gasteiger partial charge in [0.2, 0.25) is 5.91 Å². The molecule has 1 fully saturated rings. The van der Waals surface area contributed by atoms with Crippen molar-refractivity contribution in [2.45, 2.75) is 64.3 Å². The molecule has 10 nitrogen and oxygen atoms in total. The third-order valence-corrected chi connectivity index (χ3v) is 6.96. The van der Waals surface area contributed by atoms with Crippen molar-refractivity contribution >= 4 is 17.5 Å². The molecule has 2 aromatic rings. The fourth-order valence-electron chi connectivity index (χ4n) is 4.89. The highest BCUT2D eigenvalue weighted by Gasteiger charge is 2.31. The number of benzene rings is 1. The summed E-state index contributed by atoms with van der Waals surface area (Å²) >= 11 is 0. The largest absolute Gasteiger partial charge is 0.573 e. The Morgan fingerprint density at radius 2 is 1.83 bits per heavy atom. The van der Waals surface area contributed by atoms with Crippen molar-refractivity contribution in [1.82, 2.24) is 25.9 Å². The van der Waals surface area contributed by atoms with Gasteiger partial charge in [-0.05, 0) is 55.4 Å². The first kappa shape index (κ1) is 30.0. The minimum Gasteiger partial charge on any atom is -0.406 e. The van der Waals surface area contributed by atoms with Gasteiger partial charge in [0.15, 0.2) is 0 Å². The summed E-state index contributed by atoms with van der Waals surface area (Å²) in [5.74, 6) is -0.462. The first-order valence-corrected chi connectivity index (χ1v) is 13.8. The average molecular weight is 577 g/mol. The summed E-state index contributed by atoms with van der Waals surface area (Å²) in [6, 6.07) is 8.06. The van der Waals surface area contributed by atoms with Crippen molar-refractivity contribution in [2.24, 2.45) is 5.92 Å². The number of pyridine rings is 1. The Balaban J connectivity index is 1.17. The molecule has 1 saturated carbocycles. The Morgan fingerprint density at radius 3 is 2.59 bits per heavy atom. The molecule has 0 radical (unpaired) electrons. The van der Waals surface area contributed by atoms with Gasteiger partial charge in [0.25, 0.3) is 11.5 Å². The summed E-state index contributed by atoms with van der Waals surface area (Å²) in [4.78, 5) is 37.3. The predicted octanol–water partition coefficient (Wildman–Crippen LogP) is 3.57. The van der Waals surface area contributed by atoms with Gasteiger partial charge in [-0.3, -0.25) is 24.8 Å². The fourth-order valence-corrected chi connectivity index (χ4v) is 4.89. The summed E-state index contributed by atoms with van der Waals surface area (Å²) in [6.45, 7) is 1.80. The molecule has 0 saturated heterocycles. The lowest BCUT2D eigenvalue weighted by Crippen LogP contribution is -2.40. The third kappa shape index (κ3) is 9.85. The molecule has 0 spiro atoms. The Bertz CT molecular complexity index is 1290. The fraction of sp³-hybridized carbons (Fsp3) is 0.464. The lowest BCUT2D eigenvalue weighted by molar-refractivity contribution is -0.274. The highest BCUT2D eigenvalue weighted by atomic mass is 19.4. The molecule has 2 amide bonds. The van der Waals surface area contributed by atoms with E-state index >= 15 is 0 Å². The number of unbranched alkanes of at least 4 members (excludes halogenated alkanes) is 1. The van der Waals surface area contributed by atoms with Crippen LogP contribution in [0.2, 0.25) is 0 Å². The van der Waals surface area contributed by atoms with E-state index in [-0.39, 0.29) is 17.9 Å². The number of carbonyl (C=O) groups excluding carboxylic acids is 2. The molecule has 222 valence electrons. The number of hydrazine groups is 2. The third-order valence-electron chi connectivity index (χ3n) is 6.96. The van der Waals surface area contributed by atoms with E-state index in [0.717, 1.165) is 18.6 Å². The van der Waals surface area contributed by atoms with E-state index < -0.39 is 18.0 Å². The van der Waals surface area contributed by atoms with Gasteiger partial charge >= 0.3 is 6.36 Å². The van der Waals surface area contributed by atoms with E-state index in [1.165, 1.54) is 54.9 Å². The van der Waals surface area contributed by atoms with Crippen LogP contribution >= 0.6 is 0 Å². The molecule has 1 aliphatic carbocycles. The number of aromatic nitrogens is 1. The van der Waals surface area contributed by atoms with E-state index in [1.807, 2.05) is 0 Å². The average Bonchev–Trinajstić information content (AvgIpc) is 3.40. The Hall–Kier alpha value is -4.00. The van der Waals surface area contributed by atoms with Gasteiger partial charge in [-0.2, -0.15) is 0 Å². The first-order chi connectivity index (χ1) is 19.6. The maximum atomic E-state index is 12.5.